The lowest BCUT2D eigenvalue weighted by atomic mass is 10.1. The van der Waals surface area contributed by atoms with E-state index < -0.39 is 6.04 Å². The smallest absolute Gasteiger partial charge is 0.243 e. The number of nitrogens with two attached hydrogens (primary N) is 1. The Morgan fingerprint density at radius 3 is 2.42 bits per heavy atom. The topological polar surface area (TPSA) is 113 Å². The average Bonchev–Trinajstić information content (AvgIpc) is 3.07. The molecule has 7 nitrogen and oxygen atoms in total. The third-order valence-electron chi connectivity index (χ3n) is 3.42. The second-order valence-electron chi connectivity index (χ2n) is 5.58. The van der Waals surface area contributed by atoms with Gasteiger partial charge in [0.15, 0.2) is 0 Å². The van der Waals surface area contributed by atoms with E-state index >= 15 is 0 Å². The lowest BCUT2D eigenvalue weighted by molar-refractivity contribution is -0.125. The first-order valence-corrected chi connectivity index (χ1v) is 7.40. The van der Waals surface area contributed by atoms with Crippen molar-refractivity contribution in [3.05, 3.63) is 36.5 Å². The van der Waals surface area contributed by atoms with Crippen molar-refractivity contribution in [1.82, 2.24) is 15.5 Å². The molecule has 1 atom stereocenters. The van der Waals surface area contributed by atoms with Gasteiger partial charge in [-0.05, 0) is 29.7 Å². The van der Waals surface area contributed by atoms with Crippen molar-refractivity contribution in [2.75, 3.05) is 11.9 Å². The molecule has 0 saturated carbocycles. The average molecular weight is 352 g/mol. The second kappa shape index (κ2) is 9.05. The number of hydrogen-bond acceptors (Lipinski definition) is 4. The molecule has 1 heterocycles. The van der Waals surface area contributed by atoms with E-state index in [0.717, 1.165) is 11.3 Å². The minimum absolute atomic E-state index is 0. The minimum atomic E-state index is -0.614. The molecule has 0 aliphatic heterocycles. The fourth-order valence-electron chi connectivity index (χ4n) is 1.94. The van der Waals surface area contributed by atoms with Crippen LogP contribution < -0.4 is 16.4 Å². The fraction of sp³-hybridized carbons (Fsp3) is 0.312. The summed E-state index contributed by atoms with van der Waals surface area (Å²) in [5.74, 6) is -0.610. The van der Waals surface area contributed by atoms with E-state index in [1.807, 2.05) is 32.0 Å². The molecule has 0 spiro atoms. The van der Waals surface area contributed by atoms with Crippen molar-refractivity contribution < 1.29 is 9.59 Å². The van der Waals surface area contributed by atoms with Crippen LogP contribution in [0.1, 0.15) is 13.8 Å². The van der Waals surface area contributed by atoms with Crippen molar-refractivity contribution >= 4 is 29.9 Å². The van der Waals surface area contributed by atoms with Crippen LogP contribution in [0.2, 0.25) is 0 Å². The largest absolute Gasteiger partial charge is 0.346 e. The highest BCUT2D eigenvalue weighted by atomic mass is 35.5. The summed E-state index contributed by atoms with van der Waals surface area (Å²) in [6.07, 6.45) is 1.68. The number of amides is 2. The lowest BCUT2D eigenvalue weighted by Gasteiger charge is -2.15. The van der Waals surface area contributed by atoms with Crippen LogP contribution >= 0.6 is 12.4 Å². The number of carbonyl (C=O) groups is 2. The summed E-state index contributed by atoms with van der Waals surface area (Å²) < 4.78 is 0. The first-order chi connectivity index (χ1) is 11.0. The van der Waals surface area contributed by atoms with E-state index in [4.69, 9.17) is 5.73 Å². The van der Waals surface area contributed by atoms with Crippen molar-refractivity contribution in [2.45, 2.75) is 19.9 Å². The van der Waals surface area contributed by atoms with E-state index in [9.17, 15) is 9.59 Å². The third kappa shape index (κ3) is 5.36. The van der Waals surface area contributed by atoms with Gasteiger partial charge in [-0.2, -0.15) is 5.10 Å². The molecule has 1 aromatic heterocycles. The lowest BCUT2D eigenvalue weighted by Crippen LogP contribution is -2.46. The number of benzene rings is 1. The zero-order valence-corrected chi connectivity index (χ0v) is 14.4. The number of aromatic amines is 1. The SMILES string of the molecule is CC(C)[C@H](N)C(=O)NCC(=O)Nc1ccc(-c2ccn[nH]2)cc1.Cl. The molecule has 130 valence electrons. The Labute approximate surface area is 146 Å². The molecule has 2 rings (SSSR count). The molecule has 8 heteroatoms. The second-order valence-corrected chi connectivity index (χ2v) is 5.58. The first-order valence-electron chi connectivity index (χ1n) is 7.40. The minimum Gasteiger partial charge on any atom is -0.346 e. The van der Waals surface area contributed by atoms with Gasteiger partial charge < -0.3 is 16.4 Å². The standard InChI is InChI=1S/C16H21N5O2.ClH/c1-10(2)15(17)16(23)18-9-14(22)20-12-5-3-11(4-6-12)13-7-8-19-21-13;/h3-8,10,15H,9,17H2,1-2H3,(H,18,23)(H,19,21)(H,20,22);1H/t15-;/m0./s1. The van der Waals surface area contributed by atoms with E-state index in [2.05, 4.69) is 20.8 Å². The van der Waals surface area contributed by atoms with Gasteiger partial charge in [0.25, 0.3) is 0 Å². The summed E-state index contributed by atoms with van der Waals surface area (Å²) in [6.45, 7) is 3.60. The van der Waals surface area contributed by atoms with Crippen molar-refractivity contribution in [3.63, 3.8) is 0 Å². The zero-order valence-electron chi connectivity index (χ0n) is 13.6. The van der Waals surface area contributed by atoms with E-state index in [0.29, 0.717) is 5.69 Å². The molecule has 2 amide bonds. The molecule has 24 heavy (non-hydrogen) atoms. The van der Waals surface area contributed by atoms with Gasteiger partial charge in [-0.15, -0.1) is 12.4 Å². The van der Waals surface area contributed by atoms with Gasteiger partial charge in [0.2, 0.25) is 11.8 Å². The highest BCUT2D eigenvalue weighted by Gasteiger charge is 2.17. The maximum atomic E-state index is 11.8. The molecular weight excluding hydrogens is 330 g/mol. The van der Waals surface area contributed by atoms with Crippen LogP contribution in [0, 0.1) is 5.92 Å². The van der Waals surface area contributed by atoms with Crippen molar-refractivity contribution in [1.29, 1.82) is 0 Å². The Morgan fingerprint density at radius 2 is 1.88 bits per heavy atom. The molecule has 0 saturated heterocycles. The Balaban J connectivity index is 0.00000288. The van der Waals surface area contributed by atoms with Gasteiger partial charge in [-0.25, -0.2) is 0 Å². The predicted octanol–water partition coefficient (Wildman–Crippen LogP) is 1.54. The molecule has 2 aromatic rings. The summed E-state index contributed by atoms with van der Waals surface area (Å²) in [6, 6.07) is 8.57. The van der Waals surface area contributed by atoms with Gasteiger partial charge in [0, 0.05) is 11.9 Å². The first kappa shape index (κ1) is 19.7. The Hall–Kier alpha value is -2.38. The van der Waals surface area contributed by atoms with Crippen LogP contribution in [0.3, 0.4) is 0 Å². The summed E-state index contributed by atoms with van der Waals surface area (Å²) in [7, 11) is 0. The molecule has 5 N–H and O–H groups in total. The zero-order chi connectivity index (χ0) is 16.8. The van der Waals surface area contributed by atoms with E-state index in [1.165, 1.54) is 0 Å². The van der Waals surface area contributed by atoms with E-state index in [-0.39, 0.29) is 36.7 Å². The van der Waals surface area contributed by atoms with Crippen LogP contribution in [0.15, 0.2) is 36.5 Å². The fourth-order valence-corrected chi connectivity index (χ4v) is 1.94. The molecule has 0 unspecified atom stereocenters. The van der Waals surface area contributed by atoms with Crippen LogP contribution in [0.5, 0.6) is 0 Å². The highest BCUT2D eigenvalue weighted by molar-refractivity contribution is 5.95. The van der Waals surface area contributed by atoms with Crippen LogP contribution in [-0.2, 0) is 9.59 Å². The number of H-pyrrole nitrogens is 1. The van der Waals surface area contributed by atoms with E-state index in [1.54, 1.807) is 18.3 Å². The third-order valence-corrected chi connectivity index (χ3v) is 3.42. The van der Waals surface area contributed by atoms with Gasteiger partial charge in [0.1, 0.15) is 0 Å². The maximum absolute atomic E-state index is 11.8. The predicted molar refractivity (Wildman–Crippen MR) is 95.7 cm³/mol. The summed E-state index contributed by atoms with van der Waals surface area (Å²) in [4.78, 5) is 23.5. The number of hydrogen-bond donors (Lipinski definition) is 4. The molecular formula is C16H22ClN5O2. The number of anilines is 1. The monoisotopic (exact) mass is 351 g/mol. The number of nitrogens with zero attached hydrogens (tertiary/aromatic N) is 1. The Kier molecular flexibility index (Phi) is 7.41. The summed E-state index contributed by atoms with van der Waals surface area (Å²) in [5.41, 5.74) is 8.23. The molecule has 0 fully saturated rings. The summed E-state index contributed by atoms with van der Waals surface area (Å²) in [5, 5.41) is 12.0. The normalized spacial score (nSPS) is 11.5. The van der Waals surface area contributed by atoms with Crippen LogP contribution in [-0.4, -0.2) is 34.6 Å². The van der Waals surface area contributed by atoms with Crippen LogP contribution in [0.4, 0.5) is 5.69 Å². The Bertz CT molecular complexity index is 656. The number of nitrogens with one attached hydrogen (secondary N) is 3. The maximum Gasteiger partial charge on any atom is 0.243 e. The number of rotatable bonds is 6. The highest BCUT2D eigenvalue weighted by Crippen LogP contribution is 2.18. The number of carbonyl (C=O) groups excluding carboxylic acids is 2. The van der Waals surface area contributed by atoms with Gasteiger partial charge in [0.05, 0.1) is 18.3 Å². The van der Waals surface area contributed by atoms with Gasteiger partial charge >= 0.3 is 0 Å². The molecule has 0 aliphatic carbocycles. The van der Waals surface area contributed by atoms with Gasteiger partial charge in [-0.3, -0.25) is 14.7 Å². The molecule has 0 aliphatic rings. The van der Waals surface area contributed by atoms with Crippen molar-refractivity contribution in [2.24, 2.45) is 11.7 Å². The summed E-state index contributed by atoms with van der Waals surface area (Å²) >= 11 is 0. The van der Waals surface area contributed by atoms with Gasteiger partial charge in [-0.1, -0.05) is 26.0 Å². The Morgan fingerprint density at radius 1 is 1.21 bits per heavy atom. The molecule has 1 aromatic carbocycles. The molecule has 0 bridgehead atoms. The van der Waals surface area contributed by atoms with Crippen molar-refractivity contribution in [3.8, 4) is 11.3 Å². The molecule has 0 radical (unpaired) electrons. The van der Waals surface area contributed by atoms with Crippen LogP contribution in [0.25, 0.3) is 11.3 Å². The number of halogens is 1. The quantitative estimate of drug-likeness (QED) is 0.632. The number of aromatic nitrogens is 2.